The van der Waals surface area contributed by atoms with Crippen molar-refractivity contribution in [3.63, 3.8) is 0 Å². The fraction of sp³-hybridized carbons (Fsp3) is 0.688. The zero-order chi connectivity index (χ0) is 14.8. The van der Waals surface area contributed by atoms with Crippen LogP contribution in [0.25, 0.3) is 0 Å². The molecule has 5 heteroatoms. The van der Waals surface area contributed by atoms with Gasteiger partial charge in [0, 0.05) is 31.6 Å². The van der Waals surface area contributed by atoms with Crippen molar-refractivity contribution in [1.82, 2.24) is 15.5 Å². The maximum atomic E-state index is 4.29. The largest absolute Gasteiger partial charge is 0.356 e. The number of thiophene rings is 1. The molecule has 0 unspecified atom stereocenters. The number of guanidine groups is 1. The number of aliphatic imine (C=N–C) groups is 1. The van der Waals surface area contributed by atoms with Crippen LogP contribution in [0.3, 0.4) is 0 Å². The summed E-state index contributed by atoms with van der Waals surface area (Å²) in [5.74, 6) is 0.918. The van der Waals surface area contributed by atoms with Gasteiger partial charge >= 0.3 is 0 Å². The summed E-state index contributed by atoms with van der Waals surface area (Å²) in [4.78, 5) is 8.27. The number of nitrogens with one attached hydrogen (secondary N) is 2. The molecule has 1 aliphatic heterocycles. The van der Waals surface area contributed by atoms with E-state index in [9.17, 15) is 0 Å². The van der Waals surface area contributed by atoms with Gasteiger partial charge in [0.05, 0.1) is 0 Å². The topological polar surface area (TPSA) is 39.7 Å². The molecule has 1 aromatic rings. The lowest BCUT2D eigenvalue weighted by atomic mass is 10.2. The minimum absolute atomic E-state index is 0.918. The highest BCUT2D eigenvalue weighted by molar-refractivity contribution is 7.09. The fourth-order valence-electron chi connectivity index (χ4n) is 2.67. The predicted molar refractivity (Wildman–Crippen MR) is 92.3 cm³/mol. The molecule has 0 radical (unpaired) electrons. The molecule has 0 atom stereocenters. The number of hydrogen-bond donors (Lipinski definition) is 2. The zero-order valence-corrected chi connectivity index (χ0v) is 13.9. The molecular weight excluding hydrogens is 280 g/mol. The molecule has 0 spiro atoms. The Hall–Kier alpha value is -1.07. The van der Waals surface area contributed by atoms with Crippen molar-refractivity contribution in [2.75, 3.05) is 39.8 Å². The van der Waals surface area contributed by atoms with E-state index in [1.165, 1.54) is 43.6 Å². The maximum Gasteiger partial charge on any atom is 0.191 e. The van der Waals surface area contributed by atoms with E-state index in [0.29, 0.717) is 0 Å². The van der Waals surface area contributed by atoms with Gasteiger partial charge in [0.25, 0.3) is 0 Å². The first kappa shape index (κ1) is 16.3. The van der Waals surface area contributed by atoms with Crippen molar-refractivity contribution in [2.24, 2.45) is 4.99 Å². The zero-order valence-electron chi connectivity index (χ0n) is 13.1. The van der Waals surface area contributed by atoms with Crippen molar-refractivity contribution in [1.29, 1.82) is 0 Å². The van der Waals surface area contributed by atoms with E-state index in [4.69, 9.17) is 0 Å². The van der Waals surface area contributed by atoms with Crippen LogP contribution in [-0.2, 0) is 6.42 Å². The van der Waals surface area contributed by atoms with Crippen LogP contribution in [0.1, 0.15) is 30.6 Å². The third-order valence-corrected chi connectivity index (χ3v) is 4.82. The van der Waals surface area contributed by atoms with Crippen molar-refractivity contribution >= 4 is 17.3 Å². The quantitative estimate of drug-likeness (QED) is 0.626. The van der Waals surface area contributed by atoms with Crippen LogP contribution in [-0.4, -0.2) is 50.6 Å². The van der Waals surface area contributed by atoms with Crippen LogP contribution in [0.5, 0.6) is 0 Å². The molecule has 0 bridgehead atoms. The van der Waals surface area contributed by atoms with Crippen molar-refractivity contribution < 1.29 is 0 Å². The predicted octanol–water partition coefficient (Wildman–Crippen LogP) is 2.33. The molecule has 1 aromatic heterocycles. The monoisotopic (exact) mass is 308 g/mol. The Kier molecular flexibility index (Phi) is 7.60. The lowest BCUT2D eigenvalue weighted by Gasteiger charge is -2.20. The number of hydrogen-bond acceptors (Lipinski definition) is 3. The SMILES string of the molecule is CN=C(NCCc1cccs1)NCCN1CCCCCC1. The maximum absolute atomic E-state index is 4.29. The third-order valence-electron chi connectivity index (χ3n) is 3.89. The average Bonchev–Trinajstić information content (AvgIpc) is 2.88. The Bertz CT molecular complexity index is 394. The number of rotatable bonds is 6. The van der Waals surface area contributed by atoms with Crippen LogP contribution >= 0.6 is 11.3 Å². The van der Waals surface area contributed by atoms with Crippen LogP contribution in [0.2, 0.25) is 0 Å². The van der Waals surface area contributed by atoms with Crippen LogP contribution in [0, 0.1) is 0 Å². The molecule has 0 aromatic carbocycles. The van der Waals surface area contributed by atoms with E-state index in [2.05, 4.69) is 38.0 Å². The second-order valence-electron chi connectivity index (χ2n) is 5.51. The highest BCUT2D eigenvalue weighted by atomic mass is 32.1. The molecule has 21 heavy (non-hydrogen) atoms. The van der Waals surface area contributed by atoms with Gasteiger partial charge in [-0.25, -0.2) is 0 Å². The second-order valence-corrected chi connectivity index (χ2v) is 6.54. The van der Waals surface area contributed by atoms with Gasteiger partial charge in [-0.05, 0) is 43.8 Å². The average molecular weight is 308 g/mol. The Morgan fingerprint density at radius 3 is 2.62 bits per heavy atom. The van der Waals surface area contributed by atoms with Gasteiger partial charge in [0.1, 0.15) is 0 Å². The van der Waals surface area contributed by atoms with Gasteiger partial charge in [0.2, 0.25) is 0 Å². The first-order valence-corrected chi connectivity index (χ1v) is 8.95. The van der Waals surface area contributed by atoms with E-state index in [1.54, 1.807) is 0 Å². The van der Waals surface area contributed by atoms with Crippen LogP contribution in [0.15, 0.2) is 22.5 Å². The summed E-state index contributed by atoms with van der Waals surface area (Å²) in [6.45, 7) is 5.53. The Labute approximate surface area is 132 Å². The molecule has 2 N–H and O–H groups in total. The van der Waals surface area contributed by atoms with E-state index in [0.717, 1.165) is 32.0 Å². The molecule has 1 aliphatic rings. The van der Waals surface area contributed by atoms with Crippen molar-refractivity contribution in [3.8, 4) is 0 Å². The lowest BCUT2D eigenvalue weighted by molar-refractivity contribution is 0.289. The first-order chi connectivity index (χ1) is 10.4. The summed E-state index contributed by atoms with van der Waals surface area (Å²) in [5, 5.41) is 8.93. The van der Waals surface area contributed by atoms with E-state index in [-0.39, 0.29) is 0 Å². The molecule has 0 saturated carbocycles. The summed E-state index contributed by atoms with van der Waals surface area (Å²) in [6, 6.07) is 4.29. The van der Waals surface area contributed by atoms with Gasteiger partial charge in [0.15, 0.2) is 5.96 Å². The van der Waals surface area contributed by atoms with Gasteiger partial charge in [-0.1, -0.05) is 18.9 Å². The van der Waals surface area contributed by atoms with E-state index >= 15 is 0 Å². The van der Waals surface area contributed by atoms with E-state index in [1.807, 2.05) is 18.4 Å². The third kappa shape index (κ3) is 6.48. The van der Waals surface area contributed by atoms with Gasteiger partial charge in [-0.3, -0.25) is 4.99 Å². The van der Waals surface area contributed by atoms with Crippen molar-refractivity contribution in [3.05, 3.63) is 22.4 Å². The summed E-state index contributed by atoms with van der Waals surface area (Å²) in [6.07, 6.45) is 6.57. The van der Waals surface area contributed by atoms with Gasteiger partial charge in [-0.2, -0.15) is 0 Å². The summed E-state index contributed by atoms with van der Waals surface area (Å²) < 4.78 is 0. The number of likely N-dealkylation sites (tertiary alicyclic amines) is 1. The summed E-state index contributed by atoms with van der Waals surface area (Å²) in [7, 11) is 1.84. The molecule has 1 fully saturated rings. The molecule has 2 rings (SSSR count). The standard InChI is InChI=1S/C16H28N4S/c1-17-16(18-9-8-15-7-6-14-21-15)19-10-13-20-11-4-2-3-5-12-20/h6-7,14H,2-5,8-13H2,1H3,(H2,17,18,19). The molecule has 0 amide bonds. The minimum Gasteiger partial charge on any atom is -0.356 e. The molecular formula is C16H28N4S. The normalized spacial score (nSPS) is 17.5. The fourth-order valence-corrected chi connectivity index (χ4v) is 3.38. The van der Waals surface area contributed by atoms with Crippen molar-refractivity contribution in [2.45, 2.75) is 32.1 Å². The highest BCUT2D eigenvalue weighted by Gasteiger charge is 2.08. The Balaban J connectivity index is 1.58. The van der Waals surface area contributed by atoms with E-state index < -0.39 is 0 Å². The molecule has 2 heterocycles. The molecule has 1 saturated heterocycles. The lowest BCUT2D eigenvalue weighted by Crippen LogP contribution is -2.42. The summed E-state index contributed by atoms with van der Waals surface area (Å²) in [5.41, 5.74) is 0. The molecule has 118 valence electrons. The smallest absolute Gasteiger partial charge is 0.191 e. The Morgan fingerprint density at radius 2 is 1.95 bits per heavy atom. The highest BCUT2D eigenvalue weighted by Crippen LogP contribution is 2.09. The molecule has 0 aliphatic carbocycles. The first-order valence-electron chi connectivity index (χ1n) is 8.08. The van der Waals surface area contributed by atoms with Gasteiger partial charge in [-0.15, -0.1) is 11.3 Å². The molecule has 4 nitrogen and oxygen atoms in total. The van der Waals surface area contributed by atoms with Crippen LogP contribution < -0.4 is 10.6 Å². The Morgan fingerprint density at radius 1 is 1.19 bits per heavy atom. The minimum atomic E-state index is 0.918. The second kappa shape index (κ2) is 9.79. The summed E-state index contributed by atoms with van der Waals surface area (Å²) >= 11 is 1.81. The van der Waals surface area contributed by atoms with Gasteiger partial charge < -0.3 is 15.5 Å². The van der Waals surface area contributed by atoms with Crippen LogP contribution in [0.4, 0.5) is 0 Å². The number of nitrogens with zero attached hydrogens (tertiary/aromatic N) is 2.